The Morgan fingerprint density at radius 3 is 2.59 bits per heavy atom. The minimum Gasteiger partial charge on any atom is -0.480 e. The molecule has 0 bridgehead atoms. The number of anilines is 1. The highest BCUT2D eigenvalue weighted by Crippen LogP contribution is 2.26. The summed E-state index contributed by atoms with van der Waals surface area (Å²) in [4.78, 5) is 43.3. The van der Waals surface area contributed by atoms with E-state index in [-0.39, 0.29) is 19.0 Å². The van der Waals surface area contributed by atoms with Gasteiger partial charge in [-0.25, -0.2) is 4.79 Å². The van der Waals surface area contributed by atoms with Crippen LogP contribution in [0, 0.1) is 0 Å². The fraction of sp³-hybridized carbons (Fsp3) is 0.400. The van der Waals surface area contributed by atoms with Crippen molar-refractivity contribution in [3.63, 3.8) is 0 Å². The normalized spacial score (nSPS) is 16.7. The molecular weight excluding hydrogens is 456 g/mol. The molecule has 8 nitrogen and oxygen atoms in total. The number of nitrogens with one attached hydrogen (secondary N) is 1. The summed E-state index contributed by atoms with van der Waals surface area (Å²) in [7, 11) is 0. The third-order valence-electron chi connectivity index (χ3n) is 6.51. The van der Waals surface area contributed by atoms with Crippen molar-refractivity contribution < 1.29 is 19.5 Å². The van der Waals surface area contributed by atoms with Crippen LogP contribution < -0.4 is 10.2 Å². The number of carboxylic acids is 1. The Bertz CT molecular complexity index is 1090. The second kappa shape index (κ2) is 10.4. The number of aliphatic carboxylic acids is 1. The van der Waals surface area contributed by atoms with E-state index in [1.54, 1.807) is 24.3 Å². The zero-order chi connectivity index (χ0) is 24.2. The van der Waals surface area contributed by atoms with Crippen LogP contribution in [-0.2, 0) is 22.6 Å². The van der Waals surface area contributed by atoms with Gasteiger partial charge in [-0.3, -0.25) is 9.59 Å². The quantitative estimate of drug-likeness (QED) is 0.626. The predicted octanol–water partition coefficient (Wildman–Crippen LogP) is 2.25. The Labute approximate surface area is 204 Å². The predicted molar refractivity (Wildman–Crippen MR) is 130 cm³/mol. The minimum absolute atomic E-state index is 0.0533. The maximum Gasteiger partial charge on any atom is 0.326 e. The van der Waals surface area contributed by atoms with Gasteiger partial charge in [0.2, 0.25) is 5.91 Å². The number of hydrogen-bond donors (Lipinski definition) is 2. The molecule has 2 N–H and O–H groups in total. The first-order valence-corrected chi connectivity index (χ1v) is 11.9. The molecule has 0 aromatic heterocycles. The molecule has 1 saturated heterocycles. The minimum atomic E-state index is -1.11. The van der Waals surface area contributed by atoms with Crippen molar-refractivity contribution in [2.45, 2.75) is 25.9 Å². The summed E-state index contributed by atoms with van der Waals surface area (Å²) in [5.74, 6) is -1.74. The van der Waals surface area contributed by atoms with Crippen LogP contribution >= 0.6 is 11.6 Å². The molecule has 1 unspecified atom stereocenters. The van der Waals surface area contributed by atoms with Crippen molar-refractivity contribution in [2.75, 3.05) is 44.2 Å². The number of rotatable bonds is 7. The molecule has 1 atom stereocenters. The number of amides is 2. The van der Waals surface area contributed by atoms with E-state index in [1.807, 2.05) is 12.1 Å². The zero-order valence-corrected chi connectivity index (χ0v) is 19.9. The van der Waals surface area contributed by atoms with E-state index in [1.165, 1.54) is 16.7 Å². The largest absolute Gasteiger partial charge is 0.480 e. The van der Waals surface area contributed by atoms with Crippen LogP contribution in [0.15, 0.2) is 42.5 Å². The second-order valence-corrected chi connectivity index (χ2v) is 9.09. The molecule has 4 rings (SSSR count). The van der Waals surface area contributed by atoms with E-state index in [4.69, 9.17) is 11.6 Å². The number of benzene rings is 2. The number of halogens is 1. The second-order valence-electron chi connectivity index (χ2n) is 8.68. The van der Waals surface area contributed by atoms with Crippen LogP contribution in [0.1, 0.15) is 28.4 Å². The first-order valence-electron chi connectivity index (χ1n) is 11.5. The molecule has 0 aliphatic carbocycles. The van der Waals surface area contributed by atoms with E-state index in [0.29, 0.717) is 29.1 Å². The van der Waals surface area contributed by atoms with Gasteiger partial charge in [0, 0.05) is 55.5 Å². The van der Waals surface area contributed by atoms with Gasteiger partial charge in [0.15, 0.2) is 0 Å². The summed E-state index contributed by atoms with van der Waals surface area (Å²) in [6, 6.07) is 11.9. The van der Waals surface area contributed by atoms with E-state index in [9.17, 15) is 19.5 Å². The number of carboxylic acid groups (broad SMARTS) is 1. The molecule has 1 fully saturated rings. The fourth-order valence-corrected chi connectivity index (χ4v) is 4.61. The van der Waals surface area contributed by atoms with E-state index in [0.717, 1.165) is 37.4 Å². The molecule has 2 aromatic rings. The number of piperazine rings is 1. The van der Waals surface area contributed by atoms with Gasteiger partial charge >= 0.3 is 5.97 Å². The molecule has 0 radical (unpaired) electrons. The van der Waals surface area contributed by atoms with Crippen LogP contribution in [0.2, 0.25) is 5.02 Å². The first kappa shape index (κ1) is 24.0. The molecule has 0 saturated carbocycles. The van der Waals surface area contributed by atoms with E-state index >= 15 is 0 Å². The Hall–Kier alpha value is -3.10. The highest BCUT2D eigenvalue weighted by molar-refractivity contribution is 6.31. The van der Waals surface area contributed by atoms with Crippen molar-refractivity contribution in [1.29, 1.82) is 0 Å². The molecule has 2 aromatic carbocycles. The van der Waals surface area contributed by atoms with Gasteiger partial charge in [0.1, 0.15) is 12.6 Å². The number of nitrogens with zero attached hydrogens (tertiary/aromatic N) is 3. The molecular formula is C25H29ClN4O4. The van der Waals surface area contributed by atoms with Crippen LogP contribution in [0.3, 0.4) is 0 Å². The maximum atomic E-state index is 13.3. The smallest absolute Gasteiger partial charge is 0.326 e. The Balaban J connectivity index is 1.52. The summed E-state index contributed by atoms with van der Waals surface area (Å²) >= 11 is 6.25. The van der Waals surface area contributed by atoms with Gasteiger partial charge in [-0.05, 0) is 42.7 Å². The lowest BCUT2D eigenvalue weighted by atomic mass is 9.97. The van der Waals surface area contributed by atoms with Crippen molar-refractivity contribution in [1.82, 2.24) is 15.1 Å². The number of carbonyl (C=O) groups is 3. The van der Waals surface area contributed by atoms with Gasteiger partial charge in [-0.2, -0.15) is 0 Å². The zero-order valence-electron chi connectivity index (χ0n) is 19.2. The third-order valence-corrected chi connectivity index (χ3v) is 6.88. The lowest BCUT2D eigenvalue weighted by Crippen LogP contribution is -2.49. The first-order chi connectivity index (χ1) is 16.3. The molecule has 2 heterocycles. The maximum absolute atomic E-state index is 13.3. The number of carbonyl (C=O) groups excluding carboxylic acids is 2. The standard InChI is InChI=1S/C25H29ClN4O4/c1-17(25(33)34)30(15-19-4-2-3-5-22(19)26)23(31)16-29-11-8-18-6-7-20(14-21(18)24(29)32)28-12-9-27-10-13-28/h2-7,14,17,27H,8-13,15-16H2,1H3,(H,33,34). The summed E-state index contributed by atoms with van der Waals surface area (Å²) in [5, 5.41) is 13.4. The summed E-state index contributed by atoms with van der Waals surface area (Å²) in [6.07, 6.45) is 0.648. The van der Waals surface area contributed by atoms with Gasteiger partial charge in [0.05, 0.1) is 0 Å². The average molecular weight is 485 g/mol. The van der Waals surface area contributed by atoms with Gasteiger partial charge in [-0.15, -0.1) is 0 Å². The number of fused-ring (bicyclic) bond motifs is 1. The summed E-state index contributed by atoms with van der Waals surface area (Å²) < 4.78 is 0. The molecule has 2 aliphatic heterocycles. The summed E-state index contributed by atoms with van der Waals surface area (Å²) in [5.41, 5.74) is 3.24. The lowest BCUT2D eigenvalue weighted by Gasteiger charge is -2.34. The summed E-state index contributed by atoms with van der Waals surface area (Å²) in [6.45, 7) is 5.29. The highest BCUT2D eigenvalue weighted by Gasteiger charge is 2.31. The van der Waals surface area contributed by atoms with Gasteiger partial charge < -0.3 is 25.1 Å². The van der Waals surface area contributed by atoms with Gasteiger partial charge in [-0.1, -0.05) is 35.9 Å². The molecule has 34 heavy (non-hydrogen) atoms. The fourth-order valence-electron chi connectivity index (χ4n) is 4.42. The van der Waals surface area contributed by atoms with Crippen LogP contribution in [0.25, 0.3) is 0 Å². The van der Waals surface area contributed by atoms with Gasteiger partial charge in [0.25, 0.3) is 5.91 Å². The van der Waals surface area contributed by atoms with Crippen LogP contribution in [0.5, 0.6) is 0 Å². The third kappa shape index (κ3) is 5.18. The Morgan fingerprint density at radius 1 is 1.15 bits per heavy atom. The highest BCUT2D eigenvalue weighted by atomic mass is 35.5. The lowest BCUT2D eigenvalue weighted by molar-refractivity contribution is -0.150. The van der Waals surface area contributed by atoms with Crippen LogP contribution in [0.4, 0.5) is 5.69 Å². The van der Waals surface area contributed by atoms with Crippen molar-refractivity contribution >= 4 is 35.1 Å². The molecule has 180 valence electrons. The topological polar surface area (TPSA) is 93.2 Å². The average Bonchev–Trinajstić information content (AvgIpc) is 2.85. The molecule has 9 heteroatoms. The van der Waals surface area contributed by atoms with Crippen molar-refractivity contribution in [3.8, 4) is 0 Å². The SMILES string of the molecule is CC(C(=O)O)N(Cc1ccccc1Cl)C(=O)CN1CCc2ccc(N3CCNCC3)cc2C1=O. The molecule has 0 spiro atoms. The van der Waals surface area contributed by atoms with E-state index < -0.39 is 17.9 Å². The van der Waals surface area contributed by atoms with Crippen molar-refractivity contribution in [3.05, 3.63) is 64.2 Å². The molecule has 2 amide bonds. The monoisotopic (exact) mass is 484 g/mol. The van der Waals surface area contributed by atoms with Crippen LogP contribution in [-0.4, -0.2) is 78.0 Å². The molecule has 2 aliphatic rings. The van der Waals surface area contributed by atoms with E-state index in [2.05, 4.69) is 16.3 Å². The number of hydrogen-bond acceptors (Lipinski definition) is 5. The Morgan fingerprint density at radius 2 is 1.88 bits per heavy atom. The van der Waals surface area contributed by atoms with Crippen molar-refractivity contribution in [2.24, 2.45) is 0 Å². The Kier molecular flexibility index (Phi) is 7.38.